The highest BCUT2D eigenvalue weighted by molar-refractivity contribution is 9.11. The van der Waals surface area contributed by atoms with Gasteiger partial charge in [-0.3, -0.25) is 4.79 Å². The summed E-state index contributed by atoms with van der Waals surface area (Å²) in [6, 6.07) is 11.1. The highest BCUT2D eigenvalue weighted by atomic mass is 79.9. The Morgan fingerprint density at radius 1 is 1.21 bits per heavy atom. The second kappa shape index (κ2) is 6.05. The van der Waals surface area contributed by atoms with Gasteiger partial charge in [0.25, 0.3) is 0 Å². The lowest BCUT2D eigenvalue weighted by atomic mass is 10.1. The second-order valence-electron chi connectivity index (χ2n) is 5.32. The van der Waals surface area contributed by atoms with Crippen molar-refractivity contribution in [3.05, 3.63) is 82.4 Å². The van der Waals surface area contributed by atoms with Crippen molar-refractivity contribution in [2.45, 2.75) is 6.54 Å². The Kier molecular flexibility index (Phi) is 3.74. The van der Waals surface area contributed by atoms with Gasteiger partial charge in [-0.15, -0.1) is 0 Å². The molecule has 0 atom stereocenters. The first-order chi connectivity index (χ1) is 11.7. The third kappa shape index (κ3) is 2.76. The molecule has 0 fully saturated rings. The average molecular weight is 382 g/mol. The van der Waals surface area contributed by atoms with Crippen LogP contribution in [0.25, 0.3) is 0 Å². The Balaban J connectivity index is 1.84. The van der Waals surface area contributed by atoms with Crippen LogP contribution in [0.4, 0.5) is 0 Å². The standard InChI is InChI=1S/C18H12BrN3O2/c19-13-7-8-16-20-17(21-18(23)15-6-3-9-24-15)14-5-2-1-4-12(14)10-22(16)11-13/h1-9,11H,10H2. The zero-order valence-corrected chi connectivity index (χ0v) is 14.1. The molecule has 0 radical (unpaired) electrons. The molecule has 2 aliphatic heterocycles. The van der Waals surface area contributed by atoms with Gasteiger partial charge in [0, 0.05) is 22.8 Å². The third-order valence-electron chi connectivity index (χ3n) is 3.72. The van der Waals surface area contributed by atoms with E-state index in [4.69, 9.17) is 4.42 Å². The molecule has 118 valence electrons. The molecule has 1 aromatic carbocycles. The van der Waals surface area contributed by atoms with E-state index in [1.165, 1.54) is 6.26 Å². The van der Waals surface area contributed by atoms with Crippen LogP contribution in [0.3, 0.4) is 0 Å². The molecule has 0 N–H and O–H groups in total. The molecule has 0 saturated carbocycles. The van der Waals surface area contributed by atoms with E-state index in [-0.39, 0.29) is 5.76 Å². The molecule has 5 nitrogen and oxygen atoms in total. The fourth-order valence-electron chi connectivity index (χ4n) is 2.60. The minimum absolute atomic E-state index is 0.197. The van der Waals surface area contributed by atoms with Gasteiger partial charge in [0.05, 0.1) is 6.26 Å². The first-order valence-corrected chi connectivity index (χ1v) is 8.15. The molecule has 24 heavy (non-hydrogen) atoms. The Morgan fingerprint density at radius 2 is 2.08 bits per heavy atom. The molecule has 2 aromatic rings. The number of carbonyl (C=O) groups is 1. The maximum atomic E-state index is 12.3. The first-order valence-electron chi connectivity index (χ1n) is 7.36. The minimum Gasteiger partial charge on any atom is -0.459 e. The van der Waals surface area contributed by atoms with Crippen molar-refractivity contribution in [1.29, 1.82) is 0 Å². The van der Waals surface area contributed by atoms with Crippen molar-refractivity contribution in [1.82, 2.24) is 4.90 Å². The molecule has 0 saturated heterocycles. The van der Waals surface area contributed by atoms with Crippen LogP contribution in [0.2, 0.25) is 0 Å². The number of nitrogens with zero attached hydrogens (tertiary/aromatic N) is 3. The van der Waals surface area contributed by atoms with Crippen LogP contribution >= 0.6 is 15.9 Å². The molecule has 0 unspecified atom stereocenters. The Hall–Kier alpha value is -2.73. The van der Waals surface area contributed by atoms with Crippen LogP contribution in [-0.4, -0.2) is 22.5 Å². The number of amidine groups is 2. The number of amides is 1. The van der Waals surface area contributed by atoms with Gasteiger partial charge in [0.15, 0.2) is 11.6 Å². The van der Waals surface area contributed by atoms with Crippen molar-refractivity contribution in [2.75, 3.05) is 0 Å². The predicted octanol–water partition coefficient (Wildman–Crippen LogP) is 3.89. The molecule has 0 bridgehead atoms. The van der Waals surface area contributed by atoms with E-state index in [2.05, 4.69) is 25.9 Å². The number of furan rings is 1. The summed E-state index contributed by atoms with van der Waals surface area (Å²) in [6.45, 7) is 0.655. The van der Waals surface area contributed by atoms with E-state index in [0.29, 0.717) is 12.4 Å². The number of aliphatic imine (C=N–C) groups is 2. The van der Waals surface area contributed by atoms with E-state index in [1.807, 2.05) is 47.5 Å². The molecule has 1 aromatic heterocycles. The number of hydrogen-bond acceptors (Lipinski definition) is 3. The van der Waals surface area contributed by atoms with Crippen molar-refractivity contribution >= 4 is 33.5 Å². The van der Waals surface area contributed by atoms with Crippen LogP contribution in [-0.2, 0) is 6.54 Å². The molecule has 0 aliphatic carbocycles. The van der Waals surface area contributed by atoms with Crippen molar-refractivity contribution in [3.8, 4) is 0 Å². The molecule has 0 spiro atoms. The maximum Gasteiger partial charge on any atom is 0.314 e. The van der Waals surface area contributed by atoms with E-state index in [1.54, 1.807) is 12.1 Å². The Bertz CT molecular complexity index is 924. The summed E-state index contributed by atoms with van der Waals surface area (Å²) >= 11 is 3.48. The zero-order chi connectivity index (χ0) is 16.5. The quantitative estimate of drug-likeness (QED) is 0.752. The van der Waals surface area contributed by atoms with Crippen LogP contribution in [0, 0.1) is 0 Å². The van der Waals surface area contributed by atoms with Gasteiger partial charge in [-0.05, 0) is 45.8 Å². The lowest BCUT2D eigenvalue weighted by Crippen LogP contribution is -2.24. The molecule has 6 heteroatoms. The van der Waals surface area contributed by atoms with E-state index >= 15 is 0 Å². The molecule has 3 heterocycles. The van der Waals surface area contributed by atoms with E-state index in [9.17, 15) is 4.79 Å². The summed E-state index contributed by atoms with van der Waals surface area (Å²) in [4.78, 5) is 23.1. The summed E-state index contributed by atoms with van der Waals surface area (Å²) < 4.78 is 6.10. The highest BCUT2D eigenvalue weighted by Gasteiger charge is 2.22. The summed E-state index contributed by atoms with van der Waals surface area (Å²) in [5.74, 6) is 0.878. The molecule has 1 amide bonds. The number of carbonyl (C=O) groups excluding carboxylic acids is 1. The average Bonchev–Trinajstić information content (AvgIpc) is 3.07. The van der Waals surface area contributed by atoms with Crippen LogP contribution < -0.4 is 0 Å². The highest BCUT2D eigenvalue weighted by Crippen LogP contribution is 2.24. The van der Waals surface area contributed by atoms with E-state index < -0.39 is 5.91 Å². The largest absolute Gasteiger partial charge is 0.459 e. The second-order valence-corrected chi connectivity index (χ2v) is 6.24. The normalized spacial score (nSPS) is 17.7. The first kappa shape index (κ1) is 14.8. The van der Waals surface area contributed by atoms with Crippen LogP contribution in [0.5, 0.6) is 0 Å². The van der Waals surface area contributed by atoms with Crippen molar-refractivity contribution in [2.24, 2.45) is 9.98 Å². The van der Waals surface area contributed by atoms with Gasteiger partial charge in [-0.2, -0.15) is 4.99 Å². The summed E-state index contributed by atoms with van der Waals surface area (Å²) in [5.41, 5.74) is 1.89. The minimum atomic E-state index is -0.445. The maximum absolute atomic E-state index is 12.3. The zero-order valence-electron chi connectivity index (χ0n) is 12.5. The number of fused-ring (bicyclic) bond motifs is 2. The fourth-order valence-corrected chi connectivity index (χ4v) is 2.98. The van der Waals surface area contributed by atoms with E-state index in [0.717, 1.165) is 21.4 Å². The lowest BCUT2D eigenvalue weighted by Gasteiger charge is -2.21. The number of halogens is 1. The number of benzene rings is 1. The summed E-state index contributed by atoms with van der Waals surface area (Å²) in [6.07, 6.45) is 7.22. The summed E-state index contributed by atoms with van der Waals surface area (Å²) in [7, 11) is 0. The van der Waals surface area contributed by atoms with Crippen molar-refractivity contribution in [3.63, 3.8) is 0 Å². The van der Waals surface area contributed by atoms with Gasteiger partial charge in [0.2, 0.25) is 0 Å². The third-order valence-corrected chi connectivity index (χ3v) is 4.19. The lowest BCUT2D eigenvalue weighted by molar-refractivity contribution is 0.0976. The Labute approximate surface area is 146 Å². The van der Waals surface area contributed by atoms with Crippen molar-refractivity contribution < 1.29 is 9.21 Å². The van der Waals surface area contributed by atoms with Crippen LogP contribution in [0.15, 0.2) is 79.9 Å². The van der Waals surface area contributed by atoms with Gasteiger partial charge in [0.1, 0.15) is 5.84 Å². The monoisotopic (exact) mass is 381 g/mol. The molecular weight excluding hydrogens is 370 g/mol. The Morgan fingerprint density at radius 3 is 2.92 bits per heavy atom. The SMILES string of the molecule is O=C(N=C1N=C2C=CC(Br)=CN2Cc2ccccc21)c1ccco1. The van der Waals surface area contributed by atoms with Gasteiger partial charge in [-0.1, -0.05) is 24.3 Å². The summed E-state index contributed by atoms with van der Waals surface area (Å²) in [5, 5.41) is 0. The predicted molar refractivity (Wildman–Crippen MR) is 95.1 cm³/mol. The van der Waals surface area contributed by atoms with Gasteiger partial charge >= 0.3 is 5.91 Å². The van der Waals surface area contributed by atoms with Gasteiger partial charge in [-0.25, -0.2) is 4.99 Å². The van der Waals surface area contributed by atoms with Gasteiger partial charge < -0.3 is 9.32 Å². The molecular formula is C18H12BrN3O2. The smallest absolute Gasteiger partial charge is 0.314 e. The topological polar surface area (TPSA) is 58.2 Å². The molecule has 4 rings (SSSR count). The number of allylic oxidation sites excluding steroid dienone is 2. The molecule has 2 aliphatic rings. The fraction of sp³-hybridized carbons (Fsp3) is 0.0556. The van der Waals surface area contributed by atoms with Crippen LogP contribution in [0.1, 0.15) is 21.7 Å². The number of rotatable bonds is 1. The number of hydrogen-bond donors (Lipinski definition) is 0.